The molecule has 0 spiro atoms. The number of unbranched alkanes of at least 4 members (excludes halogenated alkanes) is 1. The molecule has 0 heterocycles. The van der Waals surface area contributed by atoms with Gasteiger partial charge in [0, 0.05) is 26.2 Å². The molecule has 0 atom stereocenters. The number of aliphatic imine (C=N–C) groups is 1. The van der Waals surface area contributed by atoms with Gasteiger partial charge in [0.15, 0.2) is 5.96 Å². The Morgan fingerprint density at radius 3 is 2.53 bits per heavy atom. The molecular weight excluding hydrogens is 214 g/mol. The second-order valence-electron chi connectivity index (χ2n) is 4.31. The second kappa shape index (κ2) is 11.7. The van der Waals surface area contributed by atoms with Gasteiger partial charge < -0.3 is 15.4 Å². The third-order valence-corrected chi connectivity index (χ3v) is 2.19. The van der Waals surface area contributed by atoms with Gasteiger partial charge in [-0.3, -0.25) is 4.99 Å². The van der Waals surface area contributed by atoms with Crippen molar-refractivity contribution in [3.8, 4) is 0 Å². The number of guanidine groups is 1. The molecule has 0 aliphatic heterocycles. The lowest BCUT2D eigenvalue weighted by Gasteiger charge is -2.11. The van der Waals surface area contributed by atoms with E-state index in [4.69, 9.17) is 4.74 Å². The largest absolute Gasteiger partial charge is 0.379 e. The summed E-state index contributed by atoms with van der Waals surface area (Å²) < 4.78 is 5.47. The monoisotopic (exact) mass is 243 g/mol. The topological polar surface area (TPSA) is 45.7 Å². The van der Waals surface area contributed by atoms with Crippen molar-refractivity contribution in [2.45, 2.75) is 53.1 Å². The van der Waals surface area contributed by atoms with E-state index in [1.54, 1.807) is 0 Å². The molecule has 4 heteroatoms. The van der Waals surface area contributed by atoms with E-state index >= 15 is 0 Å². The molecule has 0 aliphatic carbocycles. The van der Waals surface area contributed by atoms with Crippen molar-refractivity contribution >= 4 is 5.96 Å². The Labute approximate surface area is 106 Å². The van der Waals surface area contributed by atoms with Gasteiger partial charge in [0.1, 0.15) is 0 Å². The zero-order valence-electron chi connectivity index (χ0n) is 11.9. The molecule has 0 aromatic rings. The molecule has 0 amide bonds. The molecular formula is C13H29N3O. The summed E-state index contributed by atoms with van der Waals surface area (Å²) in [6.07, 6.45) is 3.67. The van der Waals surface area contributed by atoms with Gasteiger partial charge >= 0.3 is 0 Å². The Kier molecular flexibility index (Phi) is 11.2. The molecule has 0 fully saturated rings. The number of hydrogen-bond donors (Lipinski definition) is 2. The first kappa shape index (κ1) is 16.2. The fourth-order valence-electron chi connectivity index (χ4n) is 1.30. The predicted octanol–water partition coefficient (Wildman–Crippen LogP) is 2.16. The standard InChI is InChI=1S/C13H29N3O/c1-5-7-9-15-13(14-6-2)16-10-8-11-17-12(3)4/h12H,5-11H2,1-4H3,(H2,14,15,16). The van der Waals surface area contributed by atoms with Gasteiger partial charge in [0.25, 0.3) is 0 Å². The van der Waals surface area contributed by atoms with Crippen LogP contribution in [0.4, 0.5) is 0 Å². The van der Waals surface area contributed by atoms with Crippen molar-refractivity contribution in [3.63, 3.8) is 0 Å². The van der Waals surface area contributed by atoms with Gasteiger partial charge in [-0.05, 0) is 33.6 Å². The summed E-state index contributed by atoms with van der Waals surface area (Å²) in [5.41, 5.74) is 0. The van der Waals surface area contributed by atoms with Crippen LogP contribution in [0.25, 0.3) is 0 Å². The molecule has 4 nitrogen and oxygen atoms in total. The summed E-state index contributed by atoms with van der Waals surface area (Å²) in [6.45, 7) is 11.9. The van der Waals surface area contributed by atoms with E-state index in [-0.39, 0.29) is 0 Å². The number of nitrogens with one attached hydrogen (secondary N) is 2. The highest BCUT2D eigenvalue weighted by Gasteiger charge is 1.96. The van der Waals surface area contributed by atoms with Crippen molar-refractivity contribution in [2.75, 3.05) is 26.2 Å². The number of ether oxygens (including phenoxy) is 1. The van der Waals surface area contributed by atoms with Crippen LogP contribution in [-0.2, 0) is 4.74 Å². The summed E-state index contributed by atoms with van der Waals surface area (Å²) in [5.74, 6) is 0.922. The highest BCUT2D eigenvalue weighted by molar-refractivity contribution is 5.79. The van der Waals surface area contributed by atoms with Crippen molar-refractivity contribution in [1.29, 1.82) is 0 Å². The highest BCUT2D eigenvalue weighted by Crippen LogP contribution is 1.91. The molecule has 2 N–H and O–H groups in total. The second-order valence-corrected chi connectivity index (χ2v) is 4.31. The van der Waals surface area contributed by atoms with Crippen LogP contribution < -0.4 is 10.6 Å². The van der Waals surface area contributed by atoms with Crippen molar-refractivity contribution in [1.82, 2.24) is 10.6 Å². The zero-order chi connectivity index (χ0) is 12.9. The van der Waals surface area contributed by atoms with Crippen LogP contribution in [0.15, 0.2) is 4.99 Å². The Bertz CT molecular complexity index is 193. The molecule has 0 saturated carbocycles. The number of nitrogens with zero attached hydrogens (tertiary/aromatic N) is 1. The van der Waals surface area contributed by atoms with E-state index in [1.807, 2.05) is 0 Å². The first-order chi connectivity index (χ1) is 8.20. The van der Waals surface area contributed by atoms with Gasteiger partial charge in [0.05, 0.1) is 6.10 Å². The third kappa shape index (κ3) is 11.5. The maximum Gasteiger partial charge on any atom is 0.191 e. The van der Waals surface area contributed by atoms with Crippen LogP contribution in [0.3, 0.4) is 0 Å². The van der Waals surface area contributed by atoms with Crippen molar-refractivity contribution in [2.24, 2.45) is 4.99 Å². The van der Waals surface area contributed by atoms with Crippen LogP contribution in [-0.4, -0.2) is 38.3 Å². The molecule has 0 aromatic heterocycles. The lowest BCUT2D eigenvalue weighted by Crippen LogP contribution is -2.37. The lowest BCUT2D eigenvalue weighted by molar-refractivity contribution is 0.0782. The summed E-state index contributed by atoms with van der Waals surface area (Å²) in [7, 11) is 0. The summed E-state index contributed by atoms with van der Waals surface area (Å²) in [5, 5.41) is 6.56. The van der Waals surface area contributed by atoms with E-state index in [9.17, 15) is 0 Å². The van der Waals surface area contributed by atoms with Crippen LogP contribution in [0.5, 0.6) is 0 Å². The van der Waals surface area contributed by atoms with Crippen LogP contribution in [0, 0.1) is 0 Å². The molecule has 0 bridgehead atoms. The Balaban J connectivity index is 3.70. The van der Waals surface area contributed by atoms with Crippen LogP contribution in [0.1, 0.15) is 47.0 Å². The minimum absolute atomic E-state index is 0.315. The van der Waals surface area contributed by atoms with Gasteiger partial charge in [-0.25, -0.2) is 0 Å². The minimum atomic E-state index is 0.315. The first-order valence-corrected chi connectivity index (χ1v) is 6.84. The third-order valence-electron chi connectivity index (χ3n) is 2.19. The predicted molar refractivity (Wildman–Crippen MR) is 74.6 cm³/mol. The molecule has 102 valence electrons. The molecule has 17 heavy (non-hydrogen) atoms. The first-order valence-electron chi connectivity index (χ1n) is 6.84. The smallest absolute Gasteiger partial charge is 0.191 e. The van der Waals surface area contributed by atoms with E-state index in [2.05, 4.69) is 43.3 Å². The lowest BCUT2D eigenvalue weighted by atomic mass is 10.3. The Morgan fingerprint density at radius 2 is 1.94 bits per heavy atom. The number of hydrogen-bond acceptors (Lipinski definition) is 2. The zero-order valence-corrected chi connectivity index (χ0v) is 11.9. The Hall–Kier alpha value is -0.770. The van der Waals surface area contributed by atoms with Crippen molar-refractivity contribution in [3.05, 3.63) is 0 Å². The van der Waals surface area contributed by atoms with E-state index in [0.29, 0.717) is 6.10 Å². The summed E-state index contributed by atoms with van der Waals surface area (Å²) >= 11 is 0. The maximum absolute atomic E-state index is 5.47. The quantitative estimate of drug-likeness (QED) is 0.370. The fraction of sp³-hybridized carbons (Fsp3) is 0.923. The van der Waals surface area contributed by atoms with Crippen molar-refractivity contribution < 1.29 is 4.74 Å². The van der Waals surface area contributed by atoms with Crippen LogP contribution >= 0.6 is 0 Å². The minimum Gasteiger partial charge on any atom is -0.379 e. The molecule has 0 unspecified atom stereocenters. The van der Waals surface area contributed by atoms with E-state index in [1.165, 1.54) is 12.8 Å². The average molecular weight is 243 g/mol. The molecule has 0 rings (SSSR count). The highest BCUT2D eigenvalue weighted by atomic mass is 16.5. The Morgan fingerprint density at radius 1 is 1.18 bits per heavy atom. The molecule has 0 saturated heterocycles. The fourth-order valence-corrected chi connectivity index (χ4v) is 1.30. The average Bonchev–Trinajstić information content (AvgIpc) is 2.28. The summed E-state index contributed by atoms with van der Waals surface area (Å²) in [4.78, 5) is 4.50. The maximum atomic E-state index is 5.47. The van der Waals surface area contributed by atoms with Gasteiger partial charge in [0.2, 0.25) is 0 Å². The SMILES string of the molecule is CCCCNC(=NCCCOC(C)C)NCC. The summed E-state index contributed by atoms with van der Waals surface area (Å²) in [6, 6.07) is 0. The normalized spacial score (nSPS) is 11.9. The van der Waals surface area contributed by atoms with Crippen LogP contribution in [0.2, 0.25) is 0 Å². The molecule has 0 radical (unpaired) electrons. The number of rotatable bonds is 9. The van der Waals surface area contributed by atoms with E-state index < -0.39 is 0 Å². The van der Waals surface area contributed by atoms with Gasteiger partial charge in [-0.2, -0.15) is 0 Å². The molecule has 0 aliphatic rings. The van der Waals surface area contributed by atoms with Gasteiger partial charge in [-0.15, -0.1) is 0 Å². The van der Waals surface area contributed by atoms with Gasteiger partial charge in [-0.1, -0.05) is 13.3 Å². The molecule has 0 aromatic carbocycles. The van der Waals surface area contributed by atoms with E-state index in [0.717, 1.165) is 38.6 Å².